The van der Waals surface area contributed by atoms with Crippen LogP contribution in [0.2, 0.25) is 0 Å². The SMILES string of the molecule is Cc1ccc(C#N)c2c1NC(C)(C)[C@@H](O)[C@@H]2C. The van der Waals surface area contributed by atoms with Crippen molar-refractivity contribution in [3.63, 3.8) is 0 Å². The van der Waals surface area contributed by atoms with Gasteiger partial charge in [-0.25, -0.2) is 0 Å². The summed E-state index contributed by atoms with van der Waals surface area (Å²) in [7, 11) is 0. The van der Waals surface area contributed by atoms with E-state index in [0.717, 1.165) is 16.8 Å². The maximum absolute atomic E-state index is 10.3. The van der Waals surface area contributed by atoms with Crippen molar-refractivity contribution in [1.29, 1.82) is 5.26 Å². The Morgan fingerprint density at radius 1 is 1.41 bits per heavy atom. The number of anilines is 1. The lowest BCUT2D eigenvalue weighted by atomic mass is 9.76. The van der Waals surface area contributed by atoms with Gasteiger partial charge in [-0.1, -0.05) is 13.0 Å². The molecule has 0 saturated carbocycles. The number of rotatable bonds is 0. The minimum absolute atomic E-state index is 0.0317. The second-order valence-corrected chi connectivity index (χ2v) is 5.41. The lowest BCUT2D eigenvalue weighted by Gasteiger charge is -2.43. The van der Waals surface area contributed by atoms with E-state index in [1.54, 1.807) is 0 Å². The largest absolute Gasteiger partial charge is 0.390 e. The van der Waals surface area contributed by atoms with Gasteiger partial charge >= 0.3 is 0 Å². The number of aliphatic hydroxyl groups is 1. The first-order valence-corrected chi connectivity index (χ1v) is 5.88. The van der Waals surface area contributed by atoms with Gasteiger partial charge in [0.2, 0.25) is 0 Å². The van der Waals surface area contributed by atoms with Crippen LogP contribution in [0.5, 0.6) is 0 Å². The molecule has 3 heteroatoms. The Labute approximate surface area is 102 Å². The molecule has 0 bridgehead atoms. The molecule has 0 radical (unpaired) electrons. The number of fused-ring (bicyclic) bond motifs is 1. The van der Waals surface area contributed by atoms with Crippen molar-refractivity contribution in [3.8, 4) is 6.07 Å². The number of nitriles is 1. The molecule has 3 nitrogen and oxygen atoms in total. The first-order valence-electron chi connectivity index (χ1n) is 5.88. The Morgan fingerprint density at radius 2 is 2.06 bits per heavy atom. The van der Waals surface area contributed by atoms with E-state index in [4.69, 9.17) is 5.26 Å². The number of nitrogens with one attached hydrogen (secondary N) is 1. The van der Waals surface area contributed by atoms with Crippen molar-refractivity contribution in [2.24, 2.45) is 0 Å². The van der Waals surface area contributed by atoms with Crippen molar-refractivity contribution >= 4 is 5.69 Å². The number of hydrogen-bond acceptors (Lipinski definition) is 3. The molecule has 1 aromatic rings. The van der Waals surface area contributed by atoms with Crippen LogP contribution >= 0.6 is 0 Å². The topological polar surface area (TPSA) is 56.0 Å². The molecule has 1 aromatic carbocycles. The molecule has 0 aromatic heterocycles. The average molecular weight is 230 g/mol. The molecule has 2 N–H and O–H groups in total. The molecule has 90 valence electrons. The predicted octanol–water partition coefficient (Wildman–Crippen LogP) is 2.54. The molecule has 2 atom stereocenters. The van der Waals surface area contributed by atoms with Gasteiger partial charge in [0.15, 0.2) is 0 Å². The van der Waals surface area contributed by atoms with E-state index in [0.29, 0.717) is 5.56 Å². The fraction of sp³-hybridized carbons (Fsp3) is 0.500. The monoisotopic (exact) mass is 230 g/mol. The van der Waals surface area contributed by atoms with E-state index in [1.165, 1.54) is 0 Å². The van der Waals surface area contributed by atoms with Gasteiger partial charge in [-0.15, -0.1) is 0 Å². The summed E-state index contributed by atoms with van der Waals surface area (Å²) in [5, 5.41) is 22.8. The van der Waals surface area contributed by atoms with E-state index in [-0.39, 0.29) is 11.5 Å². The van der Waals surface area contributed by atoms with Crippen molar-refractivity contribution < 1.29 is 5.11 Å². The summed E-state index contributed by atoms with van der Waals surface area (Å²) in [5.41, 5.74) is 3.35. The molecule has 0 amide bonds. The van der Waals surface area contributed by atoms with Crippen LogP contribution in [0.3, 0.4) is 0 Å². The molecule has 0 unspecified atom stereocenters. The van der Waals surface area contributed by atoms with E-state index in [2.05, 4.69) is 11.4 Å². The molecular formula is C14H18N2O. The molecular weight excluding hydrogens is 212 g/mol. The Morgan fingerprint density at radius 3 is 2.65 bits per heavy atom. The summed E-state index contributed by atoms with van der Waals surface area (Å²) in [6, 6.07) is 5.99. The normalized spacial score (nSPS) is 25.6. The van der Waals surface area contributed by atoms with Gasteiger partial charge in [0.25, 0.3) is 0 Å². The van der Waals surface area contributed by atoms with Crippen LogP contribution < -0.4 is 5.32 Å². The lowest BCUT2D eigenvalue weighted by molar-refractivity contribution is 0.0867. The van der Waals surface area contributed by atoms with Crippen LogP contribution in [0.15, 0.2) is 12.1 Å². The molecule has 1 aliphatic heterocycles. The van der Waals surface area contributed by atoms with Crippen LogP contribution in [0, 0.1) is 18.3 Å². The van der Waals surface area contributed by atoms with Gasteiger partial charge < -0.3 is 10.4 Å². The second-order valence-electron chi connectivity index (χ2n) is 5.41. The van der Waals surface area contributed by atoms with Crippen LogP contribution in [0.1, 0.15) is 43.4 Å². The van der Waals surface area contributed by atoms with Gasteiger partial charge in [-0.05, 0) is 38.0 Å². The second kappa shape index (κ2) is 3.75. The Bertz CT molecular complexity index is 500. The Balaban J connectivity index is 2.68. The zero-order valence-corrected chi connectivity index (χ0v) is 10.7. The van der Waals surface area contributed by atoms with Gasteiger partial charge in [-0.2, -0.15) is 5.26 Å². The van der Waals surface area contributed by atoms with E-state index < -0.39 is 6.10 Å². The van der Waals surface area contributed by atoms with Crippen LogP contribution in [0.4, 0.5) is 5.69 Å². The third-order valence-corrected chi connectivity index (χ3v) is 3.69. The maximum Gasteiger partial charge on any atom is 0.0995 e. The zero-order chi connectivity index (χ0) is 12.8. The first-order chi connectivity index (χ1) is 7.88. The minimum atomic E-state index is -0.496. The molecule has 0 spiro atoms. The molecule has 0 fully saturated rings. The summed E-state index contributed by atoms with van der Waals surface area (Å²) in [5.74, 6) is -0.0317. The molecule has 1 heterocycles. The lowest BCUT2D eigenvalue weighted by Crippen LogP contribution is -2.50. The molecule has 1 aliphatic rings. The standard InChI is InChI=1S/C14H18N2O/c1-8-5-6-10(7-15)11-9(2)13(17)14(3,4)16-12(8)11/h5-6,9,13,16-17H,1-4H3/t9-,13+/m1/s1. The smallest absolute Gasteiger partial charge is 0.0995 e. The van der Waals surface area contributed by atoms with Crippen LogP contribution in [-0.2, 0) is 0 Å². The molecule has 17 heavy (non-hydrogen) atoms. The Kier molecular flexibility index (Phi) is 2.63. The highest BCUT2D eigenvalue weighted by molar-refractivity contribution is 5.67. The molecule has 0 saturated heterocycles. The number of aliphatic hydroxyl groups excluding tert-OH is 1. The number of aryl methyl sites for hydroxylation is 1. The van der Waals surface area contributed by atoms with E-state index in [1.807, 2.05) is 39.8 Å². The third-order valence-electron chi connectivity index (χ3n) is 3.69. The highest BCUT2D eigenvalue weighted by Gasteiger charge is 2.40. The number of hydrogen-bond donors (Lipinski definition) is 2. The predicted molar refractivity (Wildman–Crippen MR) is 68.0 cm³/mol. The van der Waals surface area contributed by atoms with E-state index >= 15 is 0 Å². The van der Waals surface area contributed by atoms with E-state index in [9.17, 15) is 5.11 Å². The van der Waals surface area contributed by atoms with Crippen molar-refractivity contribution in [1.82, 2.24) is 0 Å². The van der Waals surface area contributed by atoms with Crippen molar-refractivity contribution in [3.05, 3.63) is 28.8 Å². The summed E-state index contributed by atoms with van der Waals surface area (Å²) in [6.07, 6.45) is -0.496. The van der Waals surface area contributed by atoms with Gasteiger partial charge in [0.1, 0.15) is 0 Å². The number of benzene rings is 1. The van der Waals surface area contributed by atoms with Crippen LogP contribution in [-0.4, -0.2) is 16.7 Å². The molecule has 2 rings (SSSR count). The highest BCUT2D eigenvalue weighted by Crippen LogP contribution is 2.42. The third kappa shape index (κ3) is 1.69. The maximum atomic E-state index is 10.3. The molecule has 0 aliphatic carbocycles. The van der Waals surface area contributed by atoms with Crippen molar-refractivity contribution in [2.45, 2.75) is 45.3 Å². The van der Waals surface area contributed by atoms with Gasteiger partial charge in [-0.3, -0.25) is 0 Å². The Hall–Kier alpha value is -1.53. The quantitative estimate of drug-likeness (QED) is 0.720. The highest BCUT2D eigenvalue weighted by atomic mass is 16.3. The fourth-order valence-corrected chi connectivity index (χ4v) is 2.64. The van der Waals surface area contributed by atoms with Crippen molar-refractivity contribution in [2.75, 3.05) is 5.32 Å². The fourth-order valence-electron chi connectivity index (χ4n) is 2.64. The zero-order valence-electron chi connectivity index (χ0n) is 10.7. The summed E-state index contributed by atoms with van der Waals surface area (Å²) < 4.78 is 0. The van der Waals surface area contributed by atoms with Crippen LogP contribution in [0.25, 0.3) is 0 Å². The summed E-state index contributed by atoms with van der Waals surface area (Å²) in [6.45, 7) is 7.96. The van der Waals surface area contributed by atoms with Gasteiger partial charge in [0, 0.05) is 11.6 Å². The minimum Gasteiger partial charge on any atom is -0.390 e. The van der Waals surface area contributed by atoms with Gasteiger partial charge in [0.05, 0.1) is 23.3 Å². The first kappa shape index (κ1) is 11.9. The summed E-state index contributed by atoms with van der Waals surface area (Å²) >= 11 is 0. The average Bonchev–Trinajstić information content (AvgIpc) is 2.28. The number of nitrogens with zero attached hydrogens (tertiary/aromatic N) is 1. The summed E-state index contributed by atoms with van der Waals surface area (Å²) in [4.78, 5) is 0.